The molecule has 13 atom stereocenters. The number of thioether (sulfide) groups is 1. The van der Waals surface area contributed by atoms with Gasteiger partial charge in [-0.1, -0.05) is 120 Å². The van der Waals surface area contributed by atoms with Gasteiger partial charge in [0.15, 0.2) is 5.96 Å². The monoisotopic (exact) mass is 1830 g/mol. The van der Waals surface area contributed by atoms with Crippen LogP contribution in [-0.4, -0.2) is 295 Å². The molecule has 3 aromatic heterocycles. The number of H-pyrrole nitrogens is 3. The minimum absolute atomic E-state index is 0.00197. The third-order valence-electron chi connectivity index (χ3n) is 23.1. The van der Waals surface area contributed by atoms with Gasteiger partial charge < -0.3 is 115 Å². The van der Waals surface area contributed by atoms with E-state index in [0.29, 0.717) is 69.9 Å². The van der Waals surface area contributed by atoms with Crippen LogP contribution < -0.4 is 75.7 Å². The van der Waals surface area contributed by atoms with Crippen LogP contribution in [0.1, 0.15) is 141 Å². The van der Waals surface area contributed by atoms with Crippen molar-refractivity contribution in [1.29, 1.82) is 5.41 Å². The van der Waals surface area contributed by atoms with Crippen molar-refractivity contribution in [2.45, 2.75) is 223 Å². The molecule has 2 aliphatic rings. The van der Waals surface area contributed by atoms with E-state index in [-0.39, 0.29) is 89.6 Å². The number of amides is 17. The average Bonchev–Trinajstić information content (AvgIpc) is 1.68. The van der Waals surface area contributed by atoms with Crippen LogP contribution >= 0.6 is 11.8 Å². The molecule has 17 amide bonds. The van der Waals surface area contributed by atoms with Crippen LogP contribution in [0.25, 0.3) is 21.8 Å². The summed E-state index contributed by atoms with van der Waals surface area (Å²) in [6.07, 6.45) is 6.53. The molecule has 0 radical (unpaired) electrons. The molecule has 5 heterocycles. The number of guanidine groups is 1. The van der Waals surface area contributed by atoms with Gasteiger partial charge in [-0.2, -0.15) is 0 Å². The van der Waals surface area contributed by atoms with Gasteiger partial charge in [-0.05, 0) is 93.5 Å². The van der Waals surface area contributed by atoms with E-state index >= 15 is 24.0 Å². The highest BCUT2D eigenvalue weighted by Crippen LogP contribution is 2.26. The summed E-state index contributed by atoms with van der Waals surface area (Å²) in [7, 11) is 5.35. The Morgan fingerprint density at radius 1 is 0.527 bits per heavy atom. The quantitative estimate of drug-likeness (QED) is 0.0184. The summed E-state index contributed by atoms with van der Waals surface area (Å²) in [6, 6.07) is 3.96. The van der Waals surface area contributed by atoms with E-state index in [1.54, 1.807) is 93.0 Å². The molecule has 2 fully saturated rings. The molecule has 0 saturated carbocycles. The van der Waals surface area contributed by atoms with E-state index in [4.69, 9.17) is 22.6 Å². The van der Waals surface area contributed by atoms with Gasteiger partial charge in [-0.3, -0.25) is 86.9 Å². The Hall–Kier alpha value is -13.4. The van der Waals surface area contributed by atoms with Crippen molar-refractivity contribution in [3.63, 3.8) is 0 Å². The molecule has 21 N–H and O–H groups in total. The zero-order valence-corrected chi connectivity index (χ0v) is 76.5. The third kappa shape index (κ3) is 30.1. The van der Waals surface area contributed by atoms with Crippen LogP contribution in [0.4, 0.5) is 0 Å². The summed E-state index contributed by atoms with van der Waals surface area (Å²) in [6.45, 7) is 8.52. The summed E-state index contributed by atoms with van der Waals surface area (Å²) < 4.78 is 0. The standard InChI is InChI=1S/C89H126N24O17S/c1-11-13-31-69-82(124)103-61(30-22-34-95-89(92)93)79(121)108-68(78(120)98-45-73(91)115)47-131-48-75(117)102-65(37-53-24-16-15-17-25-53)85(127)110(8)52(6)77(119)106-67(41-72(90)114)87(129)113-35-23-33-70(113)83(125)104-63(40-56-44-94-49-99-56)81(123)107-64(36-50(3)4)84(126)109(7)46-74(116)101-62(38-54-42-96-59-28-20-18-26-57(54)59)80(122)100-51(5)76(118)105-66(39-55-43-97-60-29-21-19-27-58(55)60)86(128)112(10)71(32-14-12-2)88(130)111(69)9/h15-21,24-29,42-44,49-52,61-71,96-97H,11-14,22-23,30-41,45-48H2,1-10H3,(H2,90,114)(H2,91,115)(H,94,99)(H,98,120)(H,100,122)(H,101,116)(H,102,117)(H,103,124)(H,104,125)(H,105,118)(H,106,119)(H,107,123)(H,108,121)(H4,92,93,95)/t51-,52-,61-,62-,63-,64-,65-,66-,67-,68-,69-,70?,71-/m0/s1. The van der Waals surface area contributed by atoms with Crippen molar-refractivity contribution >= 4 is 140 Å². The Morgan fingerprint density at radius 2 is 1.08 bits per heavy atom. The highest BCUT2D eigenvalue weighted by Gasteiger charge is 2.44. The van der Waals surface area contributed by atoms with Gasteiger partial charge in [0, 0.05) is 119 Å². The highest BCUT2D eigenvalue weighted by molar-refractivity contribution is 8.00. The number of carbonyl (C=O) groups excluding carboxylic acids is 17. The number of rotatable bonds is 25. The van der Waals surface area contributed by atoms with Gasteiger partial charge in [0.25, 0.3) is 0 Å². The highest BCUT2D eigenvalue weighted by atomic mass is 32.2. The number of primary amides is 2. The van der Waals surface area contributed by atoms with E-state index in [9.17, 15) is 57.5 Å². The number of nitrogens with zero attached hydrogens (tertiary/aromatic N) is 6. The van der Waals surface area contributed by atoms with Crippen molar-refractivity contribution in [1.82, 2.24) is 103 Å². The number of aromatic amines is 3. The lowest BCUT2D eigenvalue weighted by molar-refractivity contribution is -0.149. The van der Waals surface area contributed by atoms with Crippen LogP contribution in [-0.2, 0) is 107 Å². The van der Waals surface area contributed by atoms with Gasteiger partial charge in [0.2, 0.25) is 100 Å². The van der Waals surface area contributed by atoms with Crippen LogP contribution in [0, 0.1) is 11.3 Å². The molecule has 6 aromatic rings. The number of benzene rings is 3. The molecule has 0 bridgehead atoms. The van der Waals surface area contributed by atoms with Crippen LogP contribution in [0.15, 0.2) is 104 Å². The Bertz CT molecular complexity index is 5030. The Balaban J connectivity index is 1.17. The average molecular weight is 1840 g/mol. The predicted molar refractivity (Wildman–Crippen MR) is 488 cm³/mol. The number of hydrogen-bond donors (Lipinski definition) is 18. The minimum atomic E-state index is -1.73. The fourth-order valence-corrected chi connectivity index (χ4v) is 16.6. The van der Waals surface area contributed by atoms with Crippen molar-refractivity contribution < 1.29 is 81.5 Å². The van der Waals surface area contributed by atoms with E-state index in [2.05, 4.69) is 78.4 Å². The molecule has 131 heavy (non-hydrogen) atoms. The van der Waals surface area contributed by atoms with E-state index < -0.39 is 216 Å². The van der Waals surface area contributed by atoms with Crippen LogP contribution in [0.3, 0.4) is 0 Å². The minimum Gasteiger partial charge on any atom is -0.370 e. The number of hydrogen-bond acceptors (Lipinski definition) is 20. The zero-order chi connectivity index (χ0) is 95.9. The van der Waals surface area contributed by atoms with Crippen molar-refractivity contribution in [2.75, 3.05) is 65.9 Å². The number of imidazole rings is 1. The lowest BCUT2D eigenvalue weighted by Crippen LogP contribution is -2.60. The number of para-hydroxylation sites is 2. The van der Waals surface area contributed by atoms with E-state index in [0.717, 1.165) is 26.5 Å². The van der Waals surface area contributed by atoms with Gasteiger partial charge in [0.1, 0.15) is 78.5 Å². The number of fused-ring (bicyclic) bond motifs is 3. The fraction of sp³-hybridized carbons (Fsp3) is 0.517. The number of unbranched alkanes of at least 4 members (excludes halogenated alkanes) is 2. The van der Waals surface area contributed by atoms with Gasteiger partial charge in [-0.15, -0.1) is 11.8 Å². The number of aromatic nitrogens is 4. The second-order valence-corrected chi connectivity index (χ2v) is 34.7. The normalized spacial score (nSPS) is 23.6. The predicted octanol–water partition coefficient (Wildman–Crippen LogP) is -1.11. The topological polar surface area (TPSA) is 601 Å². The molecule has 1 unspecified atom stereocenters. The van der Waals surface area contributed by atoms with Gasteiger partial charge >= 0.3 is 0 Å². The summed E-state index contributed by atoms with van der Waals surface area (Å²) in [5.74, 6) is -16.4. The number of nitrogens with one attached hydrogen (secondary N) is 15. The maximum Gasteiger partial charge on any atom is 0.246 e. The first-order valence-electron chi connectivity index (χ1n) is 44.1. The molecule has 8 rings (SSSR count). The van der Waals surface area contributed by atoms with Gasteiger partial charge in [0.05, 0.1) is 31.6 Å². The summed E-state index contributed by atoms with van der Waals surface area (Å²) in [4.78, 5) is 267. The number of carbonyl (C=O) groups is 17. The first-order chi connectivity index (χ1) is 62.4. The van der Waals surface area contributed by atoms with Crippen molar-refractivity contribution in [3.05, 3.63) is 126 Å². The van der Waals surface area contributed by atoms with Crippen LogP contribution in [0.2, 0.25) is 0 Å². The molecule has 3 aromatic carbocycles. The second kappa shape index (κ2) is 49.9. The molecular formula is C89H126N24O17S. The van der Waals surface area contributed by atoms with E-state index in [1.165, 1.54) is 64.4 Å². The first kappa shape index (κ1) is 103. The van der Waals surface area contributed by atoms with Crippen molar-refractivity contribution in [2.24, 2.45) is 23.1 Å². The molecule has 42 heteroatoms. The molecule has 2 saturated heterocycles. The third-order valence-corrected chi connectivity index (χ3v) is 24.1. The molecule has 41 nitrogen and oxygen atoms in total. The smallest absolute Gasteiger partial charge is 0.246 e. The summed E-state index contributed by atoms with van der Waals surface area (Å²) in [5.41, 5.74) is 20.3. The van der Waals surface area contributed by atoms with E-state index in [1.807, 2.05) is 26.0 Å². The van der Waals surface area contributed by atoms with Crippen LogP contribution in [0.5, 0.6) is 0 Å². The van der Waals surface area contributed by atoms with Gasteiger partial charge in [-0.25, -0.2) is 4.98 Å². The SMILES string of the molecule is CCCC[C@H]1C(=O)N(C)[C@@H](CCCC)C(=O)N[C@@H](CCCNC(=N)N)C(=O)N[C@H](C(=O)NCC(N)=O)CSCC(=O)N[C@@H](Cc2ccccc2)C(=O)N(C)[C@@H](C)C(=O)N[C@@H](CC(N)=O)C(=O)N2CCCC2C(=O)N[C@@H](Cc2cnc[nH]2)C(=O)N[C@@H](CC(C)C)C(=O)N(C)CC(=O)N[C@@H](Cc2c[nH]c3ccccc23)C(=O)N[C@@H](C)C(=O)N[C@@H](Cc2c[nH]c3ccccc23)C(=O)N1C. The molecule has 2 aliphatic heterocycles. The number of nitrogens with two attached hydrogens (primary N) is 3. The Labute approximate surface area is 764 Å². The second-order valence-electron chi connectivity index (χ2n) is 33.6. The Morgan fingerprint density at radius 3 is 1.69 bits per heavy atom. The number of likely N-dealkylation sites (N-methyl/N-ethyl adjacent to an activating group) is 4. The zero-order valence-electron chi connectivity index (χ0n) is 75.7. The largest absolute Gasteiger partial charge is 0.370 e. The summed E-state index contributed by atoms with van der Waals surface area (Å²) >= 11 is 0.804. The lowest BCUT2D eigenvalue weighted by Gasteiger charge is -2.36. The maximum atomic E-state index is 15.7. The van der Waals surface area contributed by atoms with Crippen molar-refractivity contribution in [3.8, 4) is 0 Å². The first-order valence-corrected chi connectivity index (χ1v) is 45.2. The fourth-order valence-electron chi connectivity index (χ4n) is 15.7. The summed E-state index contributed by atoms with van der Waals surface area (Å²) in [5, 5.41) is 38.7. The Kier molecular flexibility index (Phi) is 39.2. The molecule has 0 aliphatic carbocycles. The molecule has 0 spiro atoms. The molecule has 710 valence electrons. The maximum absolute atomic E-state index is 15.7. The lowest BCUT2D eigenvalue weighted by atomic mass is 10.00. The molecular weight excluding hydrogens is 1710 g/mol.